The van der Waals surface area contributed by atoms with Crippen LogP contribution in [-0.2, 0) is 13.0 Å². The van der Waals surface area contributed by atoms with E-state index in [0.717, 1.165) is 30.3 Å². The highest BCUT2D eigenvalue weighted by Crippen LogP contribution is 2.32. The number of thiazole rings is 1. The van der Waals surface area contributed by atoms with Crippen molar-refractivity contribution in [2.45, 2.75) is 26.8 Å². The first-order chi connectivity index (χ1) is 9.67. The lowest BCUT2D eigenvalue weighted by atomic mass is 10.3. The van der Waals surface area contributed by atoms with Gasteiger partial charge in [-0.2, -0.15) is 0 Å². The van der Waals surface area contributed by atoms with E-state index in [1.54, 1.807) is 23.5 Å². The fraction of sp³-hybridized carbons (Fsp3) is 0.400. The maximum atomic E-state index is 13.8. The van der Waals surface area contributed by atoms with Crippen LogP contribution >= 0.6 is 11.3 Å². The van der Waals surface area contributed by atoms with Crippen molar-refractivity contribution in [2.24, 2.45) is 0 Å². The Balaban J connectivity index is 2.28. The van der Waals surface area contributed by atoms with E-state index in [1.165, 1.54) is 10.9 Å². The van der Waals surface area contributed by atoms with E-state index < -0.39 is 0 Å². The number of nitrogens with zero attached hydrogens (tertiary/aromatic N) is 2. The largest absolute Gasteiger partial charge is 0.318 e. The van der Waals surface area contributed by atoms with Gasteiger partial charge >= 0.3 is 0 Å². The summed E-state index contributed by atoms with van der Waals surface area (Å²) >= 11 is 1.62. The van der Waals surface area contributed by atoms with E-state index in [4.69, 9.17) is 0 Å². The summed E-state index contributed by atoms with van der Waals surface area (Å²) in [7, 11) is 1.85. The number of rotatable bonds is 6. The number of anilines is 2. The maximum absolute atomic E-state index is 13.8. The number of halogens is 1. The van der Waals surface area contributed by atoms with Gasteiger partial charge in [-0.05, 0) is 25.1 Å². The minimum atomic E-state index is -0.225. The van der Waals surface area contributed by atoms with Gasteiger partial charge in [-0.15, -0.1) is 0 Å². The van der Waals surface area contributed by atoms with E-state index in [1.807, 2.05) is 18.0 Å². The molecule has 0 saturated carbocycles. The highest BCUT2D eigenvalue weighted by atomic mass is 32.1. The molecular formula is C15H20FN3S. The molecule has 1 heterocycles. The molecule has 3 nitrogen and oxygen atoms in total. The SMILES string of the molecule is CCNCc1sc(N(C)c2ccccc2F)nc1CC. The van der Waals surface area contributed by atoms with Crippen LogP contribution in [0.15, 0.2) is 24.3 Å². The van der Waals surface area contributed by atoms with E-state index >= 15 is 0 Å². The van der Waals surface area contributed by atoms with Gasteiger partial charge in [0.1, 0.15) is 5.82 Å². The third-order valence-corrected chi connectivity index (χ3v) is 4.31. The second-order valence-corrected chi connectivity index (χ2v) is 5.57. The summed E-state index contributed by atoms with van der Waals surface area (Å²) in [6, 6.07) is 6.78. The van der Waals surface area contributed by atoms with Crippen molar-refractivity contribution in [1.82, 2.24) is 10.3 Å². The second-order valence-electron chi connectivity index (χ2n) is 4.51. The maximum Gasteiger partial charge on any atom is 0.190 e. The van der Waals surface area contributed by atoms with E-state index in [2.05, 4.69) is 24.1 Å². The number of para-hydroxylation sites is 1. The Bertz CT molecular complexity index is 568. The summed E-state index contributed by atoms with van der Waals surface area (Å²) in [6.07, 6.45) is 0.891. The molecule has 0 aliphatic rings. The molecule has 2 aromatic rings. The molecular weight excluding hydrogens is 273 g/mol. The topological polar surface area (TPSA) is 28.2 Å². The summed E-state index contributed by atoms with van der Waals surface area (Å²) in [5, 5.41) is 4.15. The molecule has 0 bridgehead atoms. The minimum Gasteiger partial charge on any atom is -0.318 e. The van der Waals surface area contributed by atoms with Crippen LogP contribution in [0.3, 0.4) is 0 Å². The molecule has 0 radical (unpaired) electrons. The van der Waals surface area contributed by atoms with Crippen LogP contribution in [0.2, 0.25) is 0 Å². The second kappa shape index (κ2) is 6.81. The van der Waals surface area contributed by atoms with Gasteiger partial charge in [0.15, 0.2) is 5.13 Å². The number of benzene rings is 1. The molecule has 1 N–H and O–H groups in total. The zero-order chi connectivity index (χ0) is 14.5. The highest BCUT2D eigenvalue weighted by Gasteiger charge is 2.15. The predicted molar refractivity (Wildman–Crippen MR) is 83.3 cm³/mol. The molecule has 0 spiro atoms. The molecule has 0 aliphatic carbocycles. The zero-order valence-corrected chi connectivity index (χ0v) is 12.9. The Morgan fingerprint density at radius 2 is 2.05 bits per heavy atom. The normalized spacial score (nSPS) is 10.8. The van der Waals surface area contributed by atoms with Crippen LogP contribution in [0.25, 0.3) is 0 Å². The summed E-state index contributed by atoms with van der Waals surface area (Å²) in [6.45, 7) is 5.93. The van der Waals surface area contributed by atoms with Gasteiger partial charge in [0.2, 0.25) is 0 Å². The molecule has 5 heteroatoms. The van der Waals surface area contributed by atoms with Crippen LogP contribution < -0.4 is 10.2 Å². The molecule has 0 fully saturated rings. The Labute approximate surface area is 123 Å². The number of hydrogen-bond acceptors (Lipinski definition) is 4. The summed E-state index contributed by atoms with van der Waals surface area (Å²) in [5.74, 6) is -0.225. The monoisotopic (exact) mass is 293 g/mol. The summed E-state index contributed by atoms with van der Waals surface area (Å²) < 4.78 is 13.8. The number of hydrogen-bond donors (Lipinski definition) is 1. The zero-order valence-electron chi connectivity index (χ0n) is 12.1. The number of nitrogens with one attached hydrogen (secondary N) is 1. The quantitative estimate of drug-likeness (QED) is 0.880. The molecule has 1 aromatic heterocycles. The first-order valence-electron chi connectivity index (χ1n) is 6.84. The van der Waals surface area contributed by atoms with Crippen LogP contribution in [0.5, 0.6) is 0 Å². The van der Waals surface area contributed by atoms with E-state index in [-0.39, 0.29) is 5.82 Å². The lowest BCUT2D eigenvalue weighted by Crippen LogP contribution is -2.11. The third-order valence-electron chi connectivity index (χ3n) is 3.14. The Hall–Kier alpha value is -1.46. The predicted octanol–water partition coefficient (Wildman–Crippen LogP) is 3.72. The van der Waals surface area contributed by atoms with Gasteiger partial charge in [-0.1, -0.05) is 37.3 Å². The van der Waals surface area contributed by atoms with Crippen molar-refractivity contribution in [3.8, 4) is 0 Å². The van der Waals surface area contributed by atoms with Crippen molar-refractivity contribution < 1.29 is 4.39 Å². The molecule has 20 heavy (non-hydrogen) atoms. The van der Waals surface area contributed by atoms with E-state index in [9.17, 15) is 4.39 Å². The molecule has 0 unspecified atom stereocenters. The third kappa shape index (κ3) is 3.16. The fourth-order valence-corrected chi connectivity index (χ4v) is 3.09. The first kappa shape index (κ1) is 14.9. The summed E-state index contributed by atoms with van der Waals surface area (Å²) in [5.41, 5.74) is 1.65. The average molecular weight is 293 g/mol. The van der Waals surface area contributed by atoms with Gasteiger partial charge in [0.05, 0.1) is 11.4 Å². The average Bonchev–Trinajstić information content (AvgIpc) is 2.88. The van der Waals surface area contributed by atoms with Crippen LogP contribution in [0.4, 0.5) is 15.2 Å². The summed E-state index contributed by atoms with van der Waals surface area (Å²) in [4.78, 5) is 7.68. The Morgan fingerprint density at radius 3 is 2.70 bits per heavy atom. The molecule has 2 rings (SSSR count). The smallest absolute Gasteiger partial charge is 0.190 e. The van der Waals surface area contributed by atoms with Crippen molar-refractivity contribution in [1.29, 1.82) is 0 Å². The molecule has 0 amide bonds. The highest BCUT2D eigenvalue weighted by molar-refractivity contribution is 7.15. The minimum absolute atomic E-state index is 0.225. The van der Waals surface area contributed by atoms with Crippen molar-refractivity contribution in [2.75, 3.05) is 18.5 Å². The lowest BCUT2D eigenvalue weighted by Gasteiger charge is -2.16. The van der Waals surface area contributed by atoms with Gasteiger partial charge in [-0.25, -0.2) is 9.37 Å². The number of aryl methyl sites for hydroxylation is 1. The van der Waals surface area contributed by atoms with Crippen molar-refractivity contribution in [3.05, 3.63) is 40.7 Å². The Kier molecular flexibility index (Phi) is 5.09. The van der Waals surface area contributed by atoms with Gasteiger partial charge in [0, 0.05) is 18.5 Å². The first-order valence-corrected chi connectivity index (χ1v) is 7.66. The van der Waals surface area contributed by atoms with E-state index in [0.29, 0.717) is 5.69 Å². The van der Waals surface area contributed by atoms with Crippen LogP contribution in [-0.4, -0.2) is 18.6 Å². The number of aromatic nitrogens is 1. The fourth-order valence-electron chi connectivity index (χ4n) is 1.99. The molecule has 0 atom stereocenters. The standard InChI is InChI=1S/C15H20FN3S/c1-4-12-14(10-17-5-2)20-15(18-12)19(3)13-9-7-6-8-11(13)16/h6-9,17H,4-5,10H2,1-3H3. The van der Waals surface area contributed by atoms with Crippen molar-refractivity contribution >= 4 is 22.2 Å². The Morgan fingerprint density at radius 1 is 1.30 bits per heavy atom. The van der Waals surface area contributed by atoms with Crippen LogP contribution in [0, 0.1) is 5.82 Å². The molecule has 108 valence electrons. The molecule has 0 aliphatic heterocycles. The lowest BCUT2D eigenvalue weighted by molar-refractivity contribution is 0.627. The van der Waals surface area contributed by atoms with Crippen LogP contribution in [0.1, 0.15) is 24.4 Å². The molecule has 0 saturated heterocycles. The molecule has 1 aromatic carbocycles. The van der Waals surface area contributed by atoms with Gasteiger partial charge in [-0.3, -0.25) is 0 Å². The van der Waals surface area contributed by atoms with Crippen molar-refractivity contribution in [3.63, 3.8) is 0 Å². The van der Waals surface area contributed by atoms with Gasteiger partial charge in [0.25, 0.3) is 0 Å². The van der Waals surface area contributed by atoms with Gasteiger partial charge < -0.3 is 10.2 Å².